The molecule has 10 heteroatoms. The van der Waals surface area contributed by atoms with E-state index in [0.29, 0.717) is 0 Å². The van der Waals surface area contributed by atoms with Gasteiger partial charge in [0.2, 0.25) is 0 Å². The second-order valence-electron chi connectivity index (χ2n) is 0.921. The van der Waals surface area contributed by atoms with E-state index in [-0.39, 0.29) is 63.1 Å². The highest BCUT2D eigenvalue weighted by atomic mass is 79.9. The van der Waals surface area contributed by atoms with Crippen LogP contribution in [0.25, 0.3) is 0 Å². The minimum Gasteiger partial charge on any atom is -0.279 e. The first-order valence-corrected chi connectivity index (χ1v) is 2.73. The predicted octanol–water partition coefficient (Wildman–Crippen LogP) is -0.861. The first kappa shape index (κ1) is 23.0. The van der Waals surface area contributed by atoms with Crippen LogP contribution < -0.4 is 0 Å². The van der Waals surface area contributed by atoms with Crippen LogP contribution in [0, 0.1) is 0 Å². The molecule has 0 saturated carbocycles. The van der Waals surface area contributed by atoms with Crippen LogP contribution in [-0.4, -0.2) is 64.6 Å². The molecule has 0 aromatic heterocycles. The number of halogens is 4. The average molecular weight is 284 g/mol. The Balaban J connectivity index is -0.0000000817. The van der Waals surface area contributed by atoms with Crippen LogP contribution in [0.5, 0.6) is 0 Å². The molecule has 1 N–H and O–H groups in total. The maximum absolute atomic E-state index is 10.7. The third kappa shape index (κ3) is 9.63. The summed E-state index contributed by atoms with van der Waals surface area (Å²) in [6.07, 6.45) is 0. The highest BCUT2D eigenvalue weighted by molar-refractivity contribution is 8.93. The van der Waals surface area contributed by atoms with E-state index in [4.69, 9.17) is 13.0 Å². The van der Waals surface area contributed by atoms with Gasteiger partial charge in [-0.2, -0.15) is 21.6 Å². The Morgan fingerprint density at radius 3 is 1.18 bits per heavy atom. The lowest BCUT2D eigenvalue weighted by atomic mass is 11.6. The molecule has 0 aromatic carbocycles. The Bertz CT molecular complexity index is 176. The van der Waals surface area contributed by atoms with Gasteiger partial charge in [0.1, 0.15) is 0 Å². The van der Waals surface area contributed by atoms with Crippen molar-refractivity contribution in [1.82, 2.24) is 0 Å². The van der Waals surface area contributed by atoms with Gasteiger partial charge in [0.05, 0.1) is 0 Å². The molecule has 0 heterocycles. The minimum absolute atomic E-state index is 0. The van der Waals surface area contributed by atoms with E-state index in [9.17, 15) is 13.2 Å². The van der Waals surface area contributed by atoms with Crippen molar-refractivity contribution in [3.63, 3.8) is 0 Å². The number of alkyl halides is 3. The largest absolute Gasteiger partial charge is 0.522 e. The number of hydrogen-bond acceptors (Lipinski definition) is 2. The SMILES string of the molecule is Br.O=S(=O)(O)C(F)(F)F.[MgH2].[MgH2]. The Hall–Kier alpha value is 1.71. The van der Waals surface area contributed by atoms with E-state index in [2.05, 4.69) is 0 Å². The maximum Gasteiger partial charge on any atom is 0.522 e. The van der Waals surface area contributed by atoms with Crippen LogP contribution >= 0.6 is 17.0 Å². The normalized spacial score (nSPS) is 10.2. The second kappa shape index (κ2) is 7.15. The van der Waals surface area contributed by atoms with Crippen LogP contribution in [0.3, 0.4) is 0 Å². The molecule has 0 aromatic rings. The van der Waals surface area contributed by atoms with Crippen LogP contribution in [0.2, 0.25) is 0 Å². The molecular formula is CH6BrF3Mg2O3S. The molecule has 0 amide bonds. The van der Waals surface area contributed by atoms with Crippen LogP contribution in [0.4, 0.5) is 13.2 Å². The third-order valence-corrected chi connectivity index (χ3v) is 0.877. The first-order valence-electron chi connectivity index (χ1n) is 1.29. The third-order valence-electron chi connectivity index (χ3n) is 0.292. The van der Waals surface area contributed by atoms with Crippen molar-refractivity contribution in [3.8, 4) is 0 Å². The fourth-order valence-corrected chi connectivity index (χ4v) is 0. The van der Waals surface area contributed by atoms with E-state index in [1.165, 1.54) is 0 Å². The summed E-state index contributed by atoms with van der Waals surface area (Å²) in [6, 6.07) is 0. The van der Waals surface area contributed by atoms with Crippen molar-refractivity contribution in [2.45, 2.75) is 5.51 Å². The van der Waals surface area contributed by atoms with Gasteiger partial charge in [0.25, 0.3) is 0 Å². The standard InChI is InChI=1S/CHF3O3S.BrH.2Mg.4H/c2-1(3,4)8(5,6)7;;;;;;;/h(H,5,6,7);1H;;;;;;. The van der Waals surface area contributed by atoms with Crippen molar-refractivity contribution < 1.29 is 26.1 Å². The van der Waals surface area contributed by atoms with Gasteiger partial charge in [0.15, 0.2) is 0 Å². The predicted molar refractivity (Wildman–Crippen MR) is 45.0 cm³/mol. The van der Waals surface area contributed by atoms with E-state index in [1.807, 2.05) is 0 Å². The summed E-state index contributed by atoms with van der Waals surface area (Å²) in [7, 11) is -5.84. The zero-order valence-corrected chi connectivity index (χ0v) is 6.24. The Morgan fingerprint density at radius 2 is 1.18 bits per heavy atom. The molecule has 11 heavy (non-hydrogen) atoms. The van der Waals surface area contributed by atoms with Gasteiger partial charge in [-0.1, -0.05) is 0 Å². The lowest BCUT2D eigenvalue weighted by Gasteiger charge is -1.97. The summed E-state index contributed by atoms with van der Waals surface area (Å²) in [5, 5.41) is 0. The smallest absolute Gasteiger partial charge is 0.279 e. The van der Waals surface area contributed by atoms with Gasteiger partial charge < -0.3 is 0 Å². The molecule has 0 fully saturated rings. The van der Waals surface area contributed by atoms with E-state index >= 15 is 0 Å². The summed E-state index contributed by atoms with van der Waals surface area (Å²) >= 11 is 0. The van der Waals surface area contributed by atoms with Gasteiger partial charge in [-0.05, 0) is 0 Å². The molecule has 0 radical (unpaired) electrons. The lowest BCUT2D eigenvalue weighted by Crippen LogP contribution is -2.21. The highest BCUT2D eigenvalue weighted by Gasteiger charge is 2.44. The molecule has 0 saturated heterocycles. The summed E-state index contributed by atoms with van der Waals surface area (Å²) in [6.45, 7) is 0. The average Bonchev–Trinajstić information content (AvgIpc) is 1.25. The number of rotatable bonds is 0. The first-order chi connectivity index (χ1) is 3.25. The van der Waals surface area contributed by atoms with Crippen LogP contribution in [0.1, 0.15) is 0 Å². The molecule has 0 spiro atoms. The van der Waals surface area contributed by atoms with Crippen LogP contribution in [-0.2, 0) is 10.1 Å². The van der Waals surface area contributed by atoms with Crippen molar-refractivity contribution in [2.24, 2.45) is 0 Å². The summed E-state index contributed by atoms with van der Waals surface area (Å²) < 4.78 is 57.5. The Labute approximate surface area is 104 Å². The molecule has 0 aliphatic carbocycles. The van der Waals surface area contributed by atoms with Gasteiger partial charge in [-0.15, -0.1) is 17.0 Å². The molecule has 0 bridgehead atoms. The highest BCUT2D eigenvalue weighted by Crippen LogP contribution is 2.20. The van der Waals surface area contributed by atoms with Crippen molar-refractivity contribution in [1.29, 1.82) is 0 Å². The molecular weight excluding hydrogens is 278 g/mol. The fraction of sp³-hybridized carbons (Fsp3) is 1.00. The topological polar surface area (TPSA) is 54.4 Å². The maximum atomic E-state index is 10.7. The van der Waals surface area contributed by atoms with Gasteiger partial charge in [0, 0.05) is 0 Å². The summed E-state index contributed by atoms with van der Waals surface area (Å²) in [5.41, 5.74) is -5.53. The Kier molecular flexibility index (Phi) is 14.9. The Morgan fingerprint density at radius 1 is 1.09 bits per heavy atom. The van der Waals surface area contributed by atoms with Gasteiger partial charge in [-0.25, -0.2) is 0 Å². The molecule has 0 aliphatic heterocycles. The van der Waals surface area contributed by atoms with E-state index in [0.717, 1.165) is 0 Å². The summed E-state index contributed by atoms with van der Waals surface area (Å²) in [5.74, 6) is 0. The van der Waals surface area contributed by atoms with Crippen molar-refractivity contribution >= 4 is 73.2 Å². The summed E-state index contributed by atoms with van der Waals surface area (Å²) in [4.78, 5) is 0. The van der Waals surface area contributed by atoms with Crippen molar-refractivity contribution in [3.05, 3.63) is 0 Å². The lowest BCUT2D eigenvalue weighted by molar-refractivity contribution is -0.0510. The van der Waals surface area contributed by atoms with Crippen LogP contribution in [0.15, 0.2) is 0 Å². The molecule has 0 aliphatic rings. The van der Waals surface area contributed by atoms with Crippen molar-refractivity contribution in [2.75, 3.05) is 0 Å². The van der Waals surface area contributed by atoms with E-state index in [1.54, 1.807) is 0 Å². The van der Waals surface area contributed by atoms with E-state index < -0.39 is 15.6 Å². The molecule has 0 unspecified atom stereocenters. The number of hydrogen-bond donors (Lipinski definition) is 1. The quantitative estimate of drug-likeness (QED) is 0.358. The second-order valence-corrected chi connectivity index (χ2v) is 2.33. The molecule has 66 valence electrons. The fourth-order valence-electron chi connectivity index (χ4n) is 0. The minimum atomic E-state index is -5.84. The molecule has 0 atom stereocenters. The zero-order chi connectivity index (χ0) is 7.00. The monoisotopic (exact) mass is 282 g/mol. The molecule has 0 rings (SSSR count). The van der Waals surface area contributed by atoms with Gasteiger partial charge in [-0.3, -0.25) is 4.55 Å². The molecule has 3 nitrogen and oxygen atoms in total. The van der Waals surface area contributed by atoms with Gasteiger partial charge >= 0.3 is 61.7 Å². The zero-order valence-electron chi connectivity index (χ0n) is 3.71.